The lowest BCUT2D eigenvalue weighted by molar-refractivity contribution is -0.275. The number of benzene rings is 1. The average Bonchev–Trinajstić information content (AvgIpc) is 2.32. The summed E-state index contributed by atoms with van der Waals surface area (Å²) in [5.41, 5.74) is 0. The van der Waals surface area contributed by atoms with Gasteiger partial charge in [0.05, 0.1) is 13.0 Å². The molecule has 20 heavy (non-hydrogen) atoms. The van der Waals surface area contributed by atoms with Gasteiger partial charge in [-0.25, -0.2) is 0 Å². The predicted molar refractivity (Wildman–Crippen MR) is 62.3 cm³/mol. The Balaban J connectivity index is 1.96. The number of para-hydroxylation sites is 2. The maximum Gasteiger partial charge on any atom is 0.573 e. The summed E-state index contributed by atoms with van der Waals surface area (Å²) in [5.74, 6) is -0.954. The Labute approximate surface area is 113 Å². The Morgan fingerprint density at radius 2 is 1.80 bits per heavy atom. The highest BCUT2D eigenvalue weighted by molar-refractivity contribution is 5.73. The number of carbonyl (C=O) groups is 1. The molecule has 0 radical (unpaired) electrons. The van der Waals surface area contributed by atoms with E-state index in [9.17, 15) is 18.0 Å². The summed E-state index contributed by atoms with van der Waals surface area (Å²) in [6.45, 7) is 0. The van der Waals surface area contributed by atoms with Gasteiger partial charge in [0.2, 0.25) is 0 Å². The standard InChI is InChI=1S/C13H13F3O4/c1-18-12(17)8-6-9(7-8)19-10-4-2-3-5-11(10)20-13(14,15)16/h2-5,8-9H,6-7H2,1H3. The zero-order valence-corrected chi connectivity index (χ0v) is 10.6. The molecule has 0 heterocycles. The van der Waals surface area contributed by atoms with Crippen LogP contribution in [0.2, 0.25) is 0 Å². The van der Waals surface area contributed by atoms with Gasteiger partial charge >= 0.3 is 12.3 Å². The molecule has 0 amide bonds. The molecule has 1 aromatic rings. The van der Waals surface area contributed by atoms with Crippen molar-refractivity contribution in [3.05, 3.63) is 24.3 Å². The lowest BCUT2D eigenvalue weighted by Crippen LogP contribution is -2.38. The van der Waals surface area contributed by atoms with Gasteiger partial charge in [0.15, 0.2) is 11.5 Å². The van der Waals surface area contributed by atoms with Gasteiger partial charge in [0, 0.05) is 0 Å². The van der Waals surface area contributed by atoms with Gasteiger partial charge < -0.3 is 14.2 Å². The monoisotopic (exact) mass is 290 g/mol. The number of rotatable bonds is 4. The van der Waals surface area contributed by atoms with Crippen LogP contribution >= 0.6 is 0 Å². The molecule has 0 aliphatic heterocycles. The Kier molecular flexibility index (Phi) is 4.06. The summed E-state index contributed by atoms with van der Waals surface area (Å²) in [6.07, 6.45) is -4.23. The number of esters is 1. The van der Waals surface area contributed by atoms with Crippen LogP contribution in [0, 0.1) is 5.92 Å². The van der Waals surface area contributed by atoms with Crippen LogP contribution in [0.25, 0.3) is 0 Å². The maximum atomic E-state index is 12.2. The van der Waals surface area contributed by atoms with Crippen LogP contribution in [0.1, 0.15) is 12.8 Å². The van der Waals surface area contributed by atoms with E-state index in [1.54, 1.807) is 6.07 Å². The number of carbonyl (C=O) groups excluding carboxylic acids is 1. The van der Waals surface area contributed by atoms with Crippen molar-refractivity contribution in [1.29, 1.82) is 0 Å². The third-order valence-corrected chi connectivity index (χ3v) is 3.00. The number of ether oxygens (including phenoxy) is 3. The fourth-order valence-electron chi connectivity index (χ4n) is 1.96. The van der Waals surface area contributed by atoms with E-state index >= 15 is 0 Å². The van der Waals surface area contributed by atoms with Crippen LogP contribution in [0.3, 0.4) is 0 Å². The summed E-state index contributed by atoms with van der Waals surface area (Å²) in [5, 5.41) is 0. The molecular formula is C13H13F3O4. The molecule has 2 rings (SSSR count). The van der Waals surface area contributed by atoms with Crippen molar-refractivity contribution in [2.45, 2.75) is 25.3 Å². The van der Waals surface area contributed by atoms with E-state index in [0.29, 0.717) is 12.8 Å². The first-order valence-electron chi connectivity index (χ1n) is 5.98. The summed E-state index contributed by atoms with van der Waals surface area (Å²) in [6, 6.07) is 5.55. The smallest absolute Gasteiger partial charge is 0.486 e. The van der Waals surface area contributed by atoms with Crippen LogP contribution in [0.15, 0.2) is 24.3 Å². The first-order valence-corrected chi connectivity index (χ1v) is 5.98. The second-order valence-electron chi connectivity index (χ2n) is 4.43. The molecule has 0 spiro atoms. The minimum Gasteiger partial charge on any atom is -0.486 e. The molecule has 1 aromatic carbocycles. The molecule has 0 N–H and O–H groups in total. The second-order valence-corrected chi connectivity index (χ2v) is 4.43. The van der Waals surface area contributed by atoms with Crippen molar-refractivity contribution in [2.24, 2.45) is 5.92 Å². The van der Waals surface area contributed by atoms with Crippen LogP contribution in [0.4, 0.5) is 13.2 Å². The molecule has 0 aromatic heterocycles. The van der Waals surface area contributed by atoms with Crippen LogP contribution in [-0.2, 0) is 9.53 Å². The zero-order valence-electron chi connectivity index (χ0n) is 10.6. The molecule has 0 saturated heterocycles. The number of hydrogen-bond donors (Lipinski definition) is 0. The fraction of sp³-hybridized carbons (Fsp3) is 0.462. The van der Waals surface area contributed by atoms with E-state index in [2.05, 4.69) is 9.47 Å². The summed E-state index contributed by atoms with van der Waals surface area (Å²) >= 11 is 0. The van der Waals surface area contributed by atoms with Gasteiger partial charge in [-0.2, -0.15) is 0 Å². The topological polar surface area (TPSA) is 44.8 Å². The molecule has 1 saturated carbocycles. The summed E-state index contributed by atoms with van der Waals surface area (Å²) in [7, 11) is 1.29. The highest BCUT2D eigenvalue weighted by Gasteiger charge is 2.38. The Hall–Kier alpha value is -1.92. The number of hydrogen-bond acceptors (Lipinski definition) is 4. The first kappa shape index (κ1) is 14.5. The Morgan fingerprint density at radius 3 is 2.35 bits per heavy atom. The molecule has 110 valence electrons. The maximum absolute atomic E-state index is 12.2. The van der Waals surface area contributed by atoms with Crippen LogP contribution < -0.4 is 9.47 Å². The molecule has 0 unspecified atom stereocenters. The van der Waals surface area contributed by atoms with Crippen molar-refractivity contribution in [3.8, 4) is 11.5 Å². The zero-order chi connectivity index (χ0) is 14.8. The molecule has 0 bridgehead atoms. The minimum absolute atomic E-state index is 0.0122. The largest absolute Gasteiger partial charge is 0.573 e. The normalized spacial score (nSPS) is 21.8. The number of halogens is 3. The van der Waals surface area contributed by atoms with Gasteiger partial charge in [0.1, 0.15) is 6.10 Å². The summed E-state index contributed by atoms with van der Waals surface area (Å²) in [4.78, 5) is 11.2. The third kappa shape index (κ3) is 3.55. The van der Waals surface area contributed by atoms with E-state index in [0.717, 1.165) is 0 Å². The lowest BCUT2D eigenvalue weighted by Gasteiger charge is -2.33. The van der Waals surface area contributed by atoms with Crippen molar-refractivity contribution in [3.63, 3.8) is 0 Å². The summed E-state index contributed by atoms with van der Waals surface area (Å²) < 4.78 is 50.6. The molecule has 7 heteroatoms. The van der Waals surface area contributed by atoms with Gasteiger partial charge in [-0.15, -0.1) is 13.2 Å². The molecular weight excluding hydrogens is 277 g/mol. The Morgan fingerprint density at radius 1 is 1.20 bits per heavy atom. The quantitative estimate of drug-likeness (QED) is 0.800. The highest BCUT2D eigenvalue weighted by atomic mass is 19.4. The van der Waals surface area contributed by atoms with E-state index in [1.807, 2.05) is 0 Å². The van der Waals surface area contributed by atoms with Crippen molar-refractivity contribution < 1.29 is 32.2 Å². The predicted octanol–water partition coefficient (Wildman–Crippen LogP) is 2.92. The van der Waals surface area contributed by atoms with Gasteiger partial charge in [-0.05, 0) is 25.0 Å². The molecule has 0 atom stereocenters. The SMILES string of the molecule is COC(=O)C1CC(Oc2ccccc2OC(F)(F)F)C1. The lowest BCUT2D eigenvalue weighted by atomic mass is 9.82. The van der Waals surface area contributed by atoms with E-state index in [4.69, 9.17) is 4.74 Å². The highest BCUT2D eigenvalue weighted by Crippen LogP contribution is 2.37. The molecule has 4 nitrogen and oxygen atoms in total. The molecule has 1 aliphatic carbocycles. The van der Waals surface area contributed by atoms with Gasteiger partial charge in [-0.1, -0.05) is 12.1 Å². The fourth-order valence-corrected chi connectivity index (χ4v) is 1.96. The molecule has 1 fully saturated rings. The van der Waals surface area contributed by atoms with E-state index < -0.39 is 6.36 Å². The first-order chi connectivity index (χ1) is 9.39. The third-order valence-electron chi connectivity index (χ3n) is 3.00. The molecule has 1 aliphatic rings. The number of methoxy groups -OCH3 is 1. The number of alkyl halides is 3. The van der Waals surface area contributed by atoms with Crippen LogP contribution in [0.5, 0.6) is 11.5 Å². The van der Waals surface area contributed by atoms with E-state index in [-0.39, 0.29) is 29.5 Å². The van der Waals surface area contributed by atoms with Crippen LogP contribution in [-0.4, -0.2) is 25.5 Å². The minimum atomic E-state index is -4.77. The van der Waals surface area contributed by atoms with Gasteiger partial charge in [0.25, 0.3) is 0 Å². The van der Waals surface area contributed by atoms with Crippen molar-refractivity contribution in [1.82, 2.24) is 0 Å². The average molecular weight is 290 g/mol. The van der Waals surface area contributed by atoms with Crippen molar-refractivity contribution in [2.75, 3.05) is 7.11 Å². The van der Waals surface area contributed by atoms with E-state index in [1.165, 1.54) is 25.3 Å². The Bertz CT molecular complexity index is 481. The van der Waals surface area contributed by atoms with Crippen molar-refractivity contribution >= 4 is 5.97 Å². The second kappa shape index (κ2) is 5.60. The van der Waals surface area contributed by atoms with Gasteiger partial charge in [-0.3, -0.25) is 4.79 Å².